The number of hydrogen-bond acceptors (Lipinski definition) is 7. The Kier molecular flexibility index (Phi) is 4.77. The highest BCUT2D eigenvalue weighted by Crippen LogP contribution is 2.41. The van der Waals surface area contributed by atoms with Crippen LogP contribution in [0.5, 0.6) is 0 Å². The number of nitrogen functional groups attached to an aromatic ring is 1. The minimum absolute atomic E-state index is 0.0578. The normalized spacial score (nSPS) is 24.1. The van der Waals surface area contributed by atoms with E-state index in [-0.39, 0.29) is 17.2 Å². The Balaban J connectivity index is 1.55. The number of anilines is 1. The van der Waals surface area contributed by atoms with E-state index in [0.717, 1.165) is 32.4 Å². The van der Waals surface area contributed by atoms with Crippen molar-refractivity contribution < 1.29 is 9.59 Å². The summed E-state index contributed by atoms with van der Waals surface area (Å²) < 4.78 is 0.704. The van der Waals surface area contributed by atoms with Crippen LogP contribution in [-0.4, -0.2) is 63.7 Å². The molecule has 3 heterocycles. The van der Waals surface area contributed by atoms with E-state index in [9.17, 15) is 9.59 Å². The molecule has 2 aliphatic rings. The van der Waals surface area contributed by atoms with Gasteiger partial charge in [-0.25, -0.2) is 0 Å². The molecule has 3 rings (SSSR count). The van der Waals surface area contributed by atoms with Crippen molar-refractivity contribution in [3.8, 4) is 0 Å². The number of likely N-dealkylation sites (tertiary alicyclic amines) is 2. The zero-order valence-corrected chi connectivity index (χ0v) is 14.8. The molecule has 23 heavy (non-hydrogen) atoms. The van der Waals surface area contributed by atoms with Gasteiger partial charge in [0.25, 0.3) is 0 Å². The number of carbonyl (C=O) groups excluding carboxylic acids is 2. The van der Waals surface area contributed by atoms with Crippen LogP contribution in [0.3, 0.4) is 0 Å². The average Bonchev–Trinajstić information content (AvgIpc) is 3.22. The fraction of sp³-hybridized carbons (Fsp3) is 0.714. The second-order valence-electron chi connectivity index (χ2n) is 6.08. The van der Waals surface area contributed by atoms with Crippen molar-refractivity contribution in [3.05, 3.63) is 0 Å². The first-order chi connectivity index (χ1) is 11.0. The molecule has 7 nitrogen and oxygen atoms in total. The molecule has 1 atom stereocenters. The van der Waals surface area contributed by atoms with E-state index in [0.29, 0.717) is 28.3 Å². The number of aromatic nitrogens is 2. The molecule has 126 valence electrons. The smallest absolute Gasteiger partial charge is 0.233 e. The molecule has 1 aromatic rings. The van der Waals surface area contributed by atoms with Gasteiger partial charge in [0.1, 0.15) is 0 Å². The maximum atomic E-state index is 12.6. The van der Waals surface area contributed by atoms with Crippen molar-refractivity contribution in [2.45, 2.75) is 30.5 Å². The minimum atomic E-state index is -0.331. The molecule has 1 aromatic heterocycles. The number of nitrogens with two attached hydrogens (primary N) is 1. The van der Waals surface area contributed by atoms with Crippen LogP contribution >= 0.6 is 23.1 Å². The van der Waals surface area contributed by atoms with E-state index in [1.807, 2.05) is 9.80 Å². The van der Waals surface area contributed by atoms with Gasteiger partial charge in [0.2, 0.25) is 16.9 Å². The van der Waals surface area contributed by atoms with E-state index in [4.69, 9.17) is 5.73 Å². The van der Waals surface area contributed by atoms with Crippen LogP contribution in [0, 0.1) is 5.41 Å². The quantitative estimate of drug-likeness (QED) is 0.795. The number of rotatable bonds is 5. The predicted molar refractivity (Wildman–Crippen MR) is 90.2 cm³/mol. The molecule has 0 aromatic carbocycles. The summed E-state index contributed by atoms with van der Waals surface area (Å²) in [5.41, 5.74) is 5.20. The molecule has 0 bridgehead atoms. The zero-order chi connectivity index (χ0) is 16.4. The average molecular weight is 355 g/mol. The Morgan fingerprint density at radius 2 is 2.17 bits per heavy atom. The van der Waals surface area contributed by atoms with E-state index in [1.54, 1.807) is 0 Å². The standard InChI is InChI=1S/C14H21N5O2S2/c1-2-5-18-6-3-14(11(18)21)4-7-19(9-14)10(20)8-22-13-17-16-12(15)23-13/h2-9H2,1H3,(H2,15,16). The number of hydrogen-bond donors (Lipinski definition) is 1. The molecule has 0 aliphatic carbocycles. The van der Waals surface area contributed by atoms with Crippen LogP contribution in [0.25, 0.3) is 0 Å². The molecule has 2 amide bonds. The van der Waals surface area contributed by atoms with Crippen LogP contribution in [0.15, 0.2) is 4.34 Å². The van der Waals surface area contributed by atoms with Gasteiger partial charge in [-0.05, 0) is 19.3 Å². The lowest BCUT2D eigenvalue weighted by Crippen LogP contribution is -2.39. The number of thioether (sulfide) groups is 1. The topological polar surface area (TPSA) is 92.4 Å². The summed E-state index contributed by atoms with van der Waals surface area (Å²) in [6.45, 7) is 4.96. The number of nitrogens with zero attached hydrogens (tertiary/aromatic N) is 4. The van der Waals surface area contributed by atoms with Crippen LogP contribution in [0.4, 0.5) is 5.13 Å². The van der Waals surface area contributed by atoms with Gasteiger partial charge in [0.05, 0.1) is 11.2 Å². The molecule has 0 radical (unpaired) electrons. The first-order valence-corrected chi connectivity index (χ1v) is 9.63. The van der Waals surface area contributed by atoms with Crippen molar-refractivity contribution in [1.29, 1.82) is 0 Å². The number of amides is 2. The van der Waals surface area contributed by atoms with E-state index in [1.165, 1.54) is 23.1 Å². The summed E-state index contributed by atoms with van der Waals surface area (Å²) in [7, 11) is 0. The highest BCUT2D eigenvalue weighted by molar-refractivity contribution is 8.01. The van der Waals surface area contributed by atoms with Crippen LogP contribution in [-0.2, 0) is 9.59 Å². The third-order valence-corrected chi connectivity index (χ3v) is 6.41. The van der Waals surface area contributed by atoms with Gasteiger partial charge in [-0.2, -0.15) is 0 Å². The maximum absolute atomic E-state index is 12.6. The summed E-state index contributed by atoms with van der Waals surface area (Å²) in [6, 6.07) is 0. The summed E-state index contributed by atoms with van der Waals surface area (Å²) in [5, 5.41) is 8.05. The molecule has 2 aliphatic heterocycles. The van der Waals surface area contributed by atoms with E-state index < -0.39 is 0 Å². The fourth-order valence-corrected chi connectivity index (χ4v) is 4.87. The van der Waals surface area contributed by atoms with Crippen molar-refractivity contribution in [2.24, 2.45) is 5.41 Å². The Hall–Kier alpha value is -1.35. The third-order valence-electron chi connectivity index (χ3n) is 4.54. The number of carbonyl (C=O) groups is 2. The van der Waals surface area contributed by atoms with Crippen molar-refractivity contribution in [3.63, 3.8) is 0 Å². The molecule has 2 N–H and O–H groups in total. The first-order valence-electron chi connectivity index (χ1n) is 7.83. The molecule has 1 unspecified atom stereocenters. The Morgan fingerprint density at radius 3 is 2.87 bits per heavy atom. The summed E-state index contributed by atoms with van der Waals surface area (Å²) in [4.78, 5) is 28.8. The highest BCUT2D eigenvalue weighted by atomic mass is 32.2. The van der Waals surface area contributed by atoms with E-state index >= 15 is 0 Å². The molecular weight excluding hydrogens is 334 g/mol. The largest absolute Gasteiger partial charge is 0.374 e. The third kappa shape index (κ3) is 3.30. The lowest BCUT2D eigenvalue weighted by atomic mass is 9.85. The van der Waals surface area contributed by atoms with Crippen molar-refractivity contribution in [2.75, 3.05) is 37.7 Å². The van der Waals surface area contributed by atoms with Crippen LogP contribution in [0.2, 0.25) is 0 Å². The van der Waals surface area contributed by atoms with Gasteiger partial charge >= 0.3 is 0 Å². The van der Waals surface area contributed by atoms with Crippen molar-refractivity contribution in [1.82, 2.24) is 20.0 Å². The fourth-order valence-electron chi connectivity index (χ4n) is 3.33. The second kappa shape index (κ2) is 6.64. The van der Waals surface area contributed by atoms with Gasteiger partial charge in [0.15, 0.2) is 4.34 Å². The van der Waals surface area contributed by atoms with Gasteiger partial charge in [-0.15, -0.1) is 10.2 Å². The Bertz CT molecular complexity index is 608. The Labute approximate surface area is 143 Å². The molecule has 2 fully saturated rings. The van der Waals surface area contributed by atoms with Gasteiger partial charge in [-0.1, -0.05) is 30.0 Å². The maximum Gasteiger partial charge on any atom is 0.233 e. The van der Waals surface area contributed by atoms with Gasteiger partial charge < -0.3 is 15.5 Å². The Morgan fingerprint density at radius 1 is 1.39 bits per heavy atom. The first kappa shape index (κ1) is 16.5. The molecule has 0 saturated carbocycles. The monoisotopic (exact) mass is 355 g/mol. The van der Waals surface area contributed by atoms with Gasteiger partial charge in [-0.3, -0.25) is 9.59 Å². The lowest BCUT2D eigenvalue weighted by Gasteiger charge is -2.23. The van der Waals surface area contributed by atoms with Crippen molar-refractivity contribution >= 4 is 40.0 Å². The molecular formula is C14H21N5O2S2. The molecule has 2 saturated heterocycles. The van der Waals surface area contributed by atoms with E-state index in [2.05, 4.69) is 17.1 Å². The summed E-state index contributed by atoms with van der Waals surface area (Å²) >= 11 is 2.64. The lowest BCUT2D eigenvalue weighted by molar-refractivity contribution is -0.136. The minimum Gasteiger partial charge on any atom is -0.374 e. The summed E-state index contributed by atoms with van der Waals surface area (Å²) in [5.74, 6) is 0.610. The zero-order valence-electron chi connectivity index (χ0n) is 13.2. The SMILES string of the molecule is CCCN1CCC2(CCN(C(=O)CSc3nnc(N)s3)C2)C1=O. The second-order valence-corrected chi connectivity index (χ2v) is 8.31. The predicted octanol–water partition coefficient (Wildman–Crippen LogP) is 1.07. The highest BCUT2D eigenvalue weighted by Gasteiger charge is 2.51. The van der Waals surface area contributed by atoms with Crippen LogP contribution in [0.1, 0.15) is 26.2 Å². The summed E-state index contributed by atoms with van der Waals surface area (Å²) in [6.07, 6.45) is 2.63. The van der Waals surface area contributed by atoms with Gasteiger partial charge in [0, 0.05) is 26.2 Å². The molecule has 1 spiro atoms. The molecule has 9 heteroatoms. The van der Waals surface area contributed by atoms with Crippen LogP contribution < -0.4 is 5.73 Å².